The summed E-state index contributed by atoms with van der Waals surface area (Å²) in [5, 5.41) is 7.34. The lowest BCUT2D eigenvalue weighted by atomic mass is 10.1. The molecule has 0 spiro atoms. The number of benzene rings is 3. The molecule has 0 heterocycles. The van der Waals surface area contributed by atoms with Crippen molar-refractivity contribution < 1.29 is 14.3 Å². The van der Waals surface area contributed by atoms with Crippen LogP contribution in [-0.4, -0.2) is 24.6 Å². The summed E-state index contributed by atoms with van der Waals surface area (Å²) in [6, 6.07) is 19.3. The molecular formula is C24H22ClN3O3. The van der Waals surface area contributed by atoms with Crippen molar-refractivity contribution in [1.29, 1.82) is 0 Å². The van der Waals surface area contributed by atoms with Crippen LogP contribution in [0.15, 0.2) is 71.8 Å². The molecule has 6 nitrogen and oxygen atoms in total. The van der Waals surface area contributed by atoms with E-state index in [9.17, 15) is 9.59 Å². The number of nitrogens with zero attached hydrogens (tertiary/aromatic N) is 1. The van der Waals surface area contributed by atoms with Crippen molar-refractivity contribution in [1.82, 2.24) is 5.43 Å². The summed E-state index contributed by atoms with van der Waals surface area (Å²) in [7, 11) is 0. The molecule has 0 saturated heterocycles. The minimum absolute atomic E-state index is 0.158. The number of anilines is 1. The number of rotatable bonds is 7. The Balaban J connectivity index is 1.57. The number of carbonyl (C=O) groups is 2. The molecular weight excluding hydrogens is 414 g/mol. The molecule has 3 aromatic carbocycles. The molecule has 2 N–H and O–H groups in total. The maximum atomic E-state index is 12.2. The maximum absolute atomic E-state index is 12.2. The van der Waals surface area contributed by atoms with Crippen molar-refractivity contribution >= 4 is 35.3 Å². The van der Waals surface area contributed by atoms with E-state index in [1.807, 2.05) is 38.1 Å². The van der Waals surface area contributed by atoms with E-state index in [0.29, 0.717) is 21.9 Å². The van der Waals surface area contributed by atoms with E-state index < -0.39 is 0 Å². The highest BCUT2D eigenvalue weighted by atomic mass is 35.5. The Bertz CT molecular complexity index is 1110. The minimum atomic E-state index is -0.362. The average molecular weight is 436 g/mol. The van der Waals surface area contributed by atoms with Gasteiger partial charge in [0, 0.05) is 21.8 Å². The average Bonchev–Trinajstić information content (AvgIpc) is 2.76. The summed E-state index contributed by atoms with van der Waals surface area (Å²) >= 11 is 5.82. The summed E-state index contributed by atoms with van der Waals surface area (Å²) in [4.78, 5) is 24.4. The number of nitrogens with one attached hydrogen (secondary N) is 2. The molecule has 0 aliphatic rings. The maximum Gasteiger partial charge on any atom is 0.271 e. The van der Waals surface area contributed by atoms with Gasteiger partial charge in [-0.1, -0.05) is 29.8 Å². The number of hydrogen-bond donors (Lipinski definition) is 2. The third kappa shape index (κ3) is 6.42. The van der Waals surface area contributed by atoms with Gasteiger partial charge in [-0.3, -0.25) is 9.59 Å². The van der Waals surface area contributed by atoms with Crippen molar-refractivity contribution in [2.75, 3.05) is 11.9 Å². The standard InChI is InChI=1S/C24H22ClN3O3/c1-16-7-12-21(13-17(16)2)27-23(29)15-31-22-6-4-3-5-19(22)14-26-28-24(30)18-8-10-20(25)11-9-18/h3-14H,15H2,1-2H3,(H,27,29)(H,28,30)/b26-14+. The molecule has 0 aliphatic heterocycles. The second-order valence-electron chi connectivity index (χ2n) is 6.88. The van der Waals surface area contributed by atoms with Gasteiger partial charge in [-0.25, -0.2) is 5.43 Å². The SMILES string of the molecule is Cc1ccc(NC(=O)COc2ccccc2/C=N/NC(=O)c2ccc(Cl)cc2)cc1C. The molecule has 7 heteroatoms. The second kappa shape index (κ2) is 10.4. The largest absolute Gasteiger partial charge is 0.483 e. The lowest BCUT2D eigenvalue weighted by Gasteiger charge is -2.10. The van der Waals surface area contributed by atoms with Crippen molar-refractivity contribution in [2.24, 2.45) is 5.10 Å². The van der Waals surface area contributed by atoms with Gasteiger partial charge in [-0.15, -0.1) is 0 Å². The summed E-state index contributed by atoms with van der Waals surface area (Å²) in [5.74, 6) is -0.160. The number of amides is 2. The summed E-state index contributed by atoms with van der Waals surface area (Å²) in [6.45, 7) is 3.85. The quantitative estimate of drug-likeness (QED) is 0.415. The van der Waals surface area contributed by atoms with Crippen LogP contribution in [-0.2, 0) is 4.79 Å². The summed E-state index contributed by atoms with van der Waals surface area (Å²) in [6.07, 6.45) is 1.46. The van der Waals surface area contributed by atoms with Gasteiger partial charge in [0.25, 0.3) is 11.8 Å². The fourth-order valence-electron chi connectivity index (χ4n) is 2.70. The van der Waals surface area contributed by atoms with Crippen LogP contribution in [0.4, 0.5) is 5.69 Å². The Morgan fingerprint density at radius 2 is 1.74 bits per heavy atom. The number of hydrogen-bond acceptors (Lipinski definition) is 4. The molecule has 0 saturated carbocycles. The van der Waals surface area contributed by atoms with Crippen molar-refractivity contribution in [3.05, 3.63) is 94.0 Å². The van der Waals surface area contributed by atoms with Crippen LogP contribution in [0, 0.1) is 13.8 Å². The van der Waals surface area contributed by atoms with Gasteiger partial charge in [0.15, 0.2) is 6.61 Å². The minimum Gasteiger partial charge on any atom is -0.483 e. The van der Waals surface area contributed by atoms with E-state index in [2.05, 4.69) is 15.8 Å². The van der Waals surface area contributed by atoms with Crippen molar-refractivity contribution in [3.63, 3.8) is 0 Å². The Morgan fingerprint density at radius 1 is 1.00 bits per heavy atom. The number of carbonyl (C=O) groups excluding carboxylic acids is 2. The van der Waals surface area contributed by atoms with E-state index in [4.69, 9.17) is 16.3 Å². The Morgan fingerprint density at radius 3 is 2.48 bits per heavy atom. The zero-order valence-electron chi connectivity index (χ0n) is 17.2. The molecule has 2 amide bonds. The molecule has 158 valence electrons. The van der Waals surface area contributed by atoms with Gasteiger partial charge in [0.1, 0.15) is 5.75 Å². The molecule has 3 rings (SSSR count). The molecule has 0 bridgehead atoms. The predicted molar refractivity (Wildman–Crippen MR) is 123 cm³/mol. The summed E-state index contributed by atoms with van der Waals surface area (Å²) in [5.41, 5.74) is 6.49. The number of aryl methyl sites for hydroxylation is 2. The number of halogens is 1. The zero-order valence-corrected chi connectivity index (χ0v) is 17.9. The lowest BCUT2D eigenvalue weighted by Crippen LogP contribution is -2.20. The van der Waals surface area contributed by atoms with Gasteiger partial charge < -0.3 is 10.1 Å². The lowest BCUT2D eigenvalue weighted by molar-refractivity contribution is -0.118. The van der Waals surface area contributed by atoms with Crippen LogP contribution in [0.2, 0.25) is 5.02 Å². The third-order valence-corrected chi connectivity index (χ3v) is 4.80. The third-order valence-electron chi connectivity index (χ3n) is 4.54. The Labute approximate surface area is 185 Å². The topological polar surface area (TPSA) is 79.8 Å². The first kappa shape index (κ1) is 22.1. The monoisotopic (exact) mass is 435 g/mol. The van der Waals surface area contributed by atoms with Gasteiger partial charge in [0.2, 0.25) is 0 Å². The van der Waals surface area contributed by atoms with E-state index in [-0.39, 0.29) is 18.4 Å². The van der Waals surface area contributed by atoms with Crippen LogP contribution in [0.3, 0.4) is 0 Å². The number of hydrazone groups is 1. The van der Waals surface area contributed by atoms with Gasteiger partial charge in [-0.05, 0) is 73.5 Å². The van der Waals surface area contributed by atoms with E-state index in [0.717, 1.165) is 16.8 Å². The predicted octanol–water partition coefficient (Wildman–Crippen LogP) is 4.74. The molecule has 0 aliphatic carbocycles. The summed E-state index contributed by atoms with van der Waals surface area (Å²) < 4.78 is 5.65. The highest BCUT2D eigenvalue weighted by Gasteiger charge is 2.08. The Kier molecular flexibility index (Phi) is 7.40. The van der Waals surface area contributed by atoms with Crippen LogP contribution >= 0.6 is 11.6 Å². The highest BCUT2D eigenvalue weighted by Crippen LogP contribution is 2.17. The van der Waals surface area contributed by atoms with Crippen LogP contribution in [0.5, 0.6) is 5.75 Å². The van der Waals surface area contributed by atoms with E-state index in [1.165, 1.54) is 6.21 Å². The number of ether oxygens (including phenoxy) is 1. The Hall–Kier alpha value is -3.64. The molecule has 0 radical (unpaired) electrons. The fraction of sp³-hybridized carbons (Fsp3) is 0.125. The molecule has 31 heavy (non-hydrogen) atoms. The van der Waals surface area contributed by atoms with Crippen molar-refractivity contribution in [2.45, 2.75) is 13.8 Å². The highest BCUT2D eigenvalue weighted by molar-refractivity contribution is 6.30. The molecule has 0 atom stereocenters. The van der Waals surface area contributed by atoms with Gasteiger partial charge in [-0.2, -0.15) is 5.10 Å². The second-order valence-corrected chi connectivity index (χ2v) is 7.32. The first-order chi connectivity index (χ1) is 14.9. The molecule has 0 fully saturated rings. The molecule has 3 aromatic rings. The van der Waals surface area contributed by atoms with E-state index in [1.54, 1.807) is 42.5 Å². The van der Waals surface area contributed by atoms with Crippen LogP contribution in [0.25, 0.3) is 0 Å². The van der Waals surface area contributed by atoms with Gasteiger partial charge in [0.05, 0.1) is 6.21 Å². The van der Waals surface area contributed by atoms with Gasteiger partial charge >= 0.3 is 0 Å². The molecule has 0 unspecified atom stereocenters. The first-order valence-corrected chi connectivity index (χ1v) is 9.98. The fourth-order valence-corrected chi connectivity index (χ4v) is 2.83. The number of para-hydroxylation sites is 1. The van der Waals surface area contributed by atoms with Crippen LogP contribution in [0.1, 0.15) is 27.0 Å². The zero-order chi connectivity index (χ0) is 22.2. The van der Waals surface area contributed by atoms with E-state index >= 15 is 0 Å². The normalized spacial score (nSPS) is 10.7. The first-order valence-electron chi connectivity index (χ1n) is 9.60. The molecule has 0 aromatic heterocycles. The smallest absolute Gasteiger partial charge is 0.271 e. The van der Waals surface area contributed by atoms with Crippen LogP contribution < -0.4 is 15.5 Å². The van der Waals surface area contributed by atoms with Crippen molar-refractivity contribution in [3.8, 4) is 5.75 Å².